The number of rotatable bonds is 2. The zero-order valence-electron chi connectivity index (χ0n) is 23.8. The topological polar surface area (TPSA) is 40.5 Å². The van der Waals surface area contributed by atoms with Gasteiger partial charge in [0.25, 0.3) is 0 Å². The van der Waals surface area contributed by atoms with E-state index in [0.717, 1.165) is 22.3 Å². The van der Waals surface area contributed by atoms with E-state index < -0.39 is 0 Å². The number of aryl methyl sites for hydroxylation is 2. The van der Waals surface area contributed by atoms with Crippen LogP contribution in [0.5, 0.6) is 11.5 Å². The second kappa shape index (κ2) is 8.36. The van der Waals surface area contributed by atoms with E-state index in [1.165, 1.54) is 22.3 Å². The number of hydrogen-bond donors (Lipinski definition) is 2. The van der Waals surface area contributed by atoms with E-state index >= 15 is 0 Å². The molecule has 2 heteroatoms. The van der Waals surface area contributed by atoms with Gasteiger partial charge in [-0.2, -0.15) is 0 Å². The summed E-state index contributed by atoms with van der Waals surface area (Å²) < 4.78 is 0. The molecule has 0 bridgehead atoms. The van der Waals surface area contributed by atoms with Crippen molar-refractivity contribution in [3.63, 3.8) is 0 Å². The van der Waals surface area contributed by atoms with Crippen LogP contribution in [0.25, 0.3) is 0 Å². The van der Waals surface area contributed by atoms with Gasteiger partial charge in [-0.15, -0.1) is 0 Å². The maximum atomic E-state index is 11.2. The van der Waals surface area contributed by atoms with Crippen molar-refractivity contribution in [3.8, 4) is 11.5 Å². The molecule has 0 atom stereocenters. The standard InChI is InChI=1S/C31H48O2/c1-18-15-22(32)26(30(9,10)11)20(24(18)28(3,4)5)17-21-25(29(6,7)8)19(2)16-23(33)27(21)31(12,13)14/h15-16,32-33H,17H2,1-14H3. The van der Waals surface area contributed by atoms with Gasteiger partial charge < -0.3 is 10.2 Å². The molecule has 0 aliphatic carbocycles. The minimum atomic E-state index is -0.219. The lowest BCUT2D eigenvalue weighted by Crippen LogP contribution is -2.26. The number of hydrogen-bond acceptors (Lipinski definition) is 2. The normalized spacial score (nSPS) is 13.5. The van der Waals surface area contributed by atoms with Gasteiger partial charge in [-0.1, -0.05) is 83.1 Å². The lowest BCUT2D eigenvalue weighted by Gasteiger charge is -2.36. The van der Waals surface area contributed by atoms with Crippen molar-refractivity contribution < 1.29 is 10.2 Å². The predicted molar refractivity (Wildman–Crippen MR) is 143 cm³/mol. The second-order valence-corrected chi connectivity index (χ2v) is 14.1. The van der Waals surface area contributed by atoms with E-state index in [4.69, 9.17) is 0 Å². The Morgan fingerprint density at radius 3 is 0.939 bits per heavy atom. The molecule has 0 radical (unpaired) electrons. The molecule has 33 heavy (non-hydrogen) atoms. The van der Waals surface area contributed by atoms with E-state index in [1.807, 2.05) is 12.1 Å². The van der Waals surface area contributed by atoms with Crippen LogP contribution in [0.1, 0.15) is 128 Å². The maximum absolute atomic E-state index is 11.2. The van der Waals surface area contributed by atoms with E-state index in [1.54, 1.807) is 0 Å². The molecule has 0 aromatic heterocycles. The summed E-state index contributed by atoms with van der Waals surface area (Å²) >= 11 is 0. The monoisotopic (exact) mass is 452 g/mol. The van der Waals surface area contributed by atoms with Crippen LogP contribution in [-0.2, 0) is 28.1 Å². The first-order valence-corrected chi connectivity index (χ1v) is 12.3. The Morgan fingerprint density at radius 2 is 0.727 bits per heavy atom. The van der Waals surface area contributed by atoms with Crippen LogP contribution < -0.4 is 0 Å². The molecule has 0 aliphatic heterocycles. The molecule has 0 unspecified atom stereocenters. The Balaban J connectivity index is 3.15. The molecule has 0 heterocycles. The highest BCUT2D eigenvalue weighted by Gasteiger charge is 2.34. The van der Waals surface area contributed by atoms with Gasteiger partial charge in [-0.3, -0.25) is 0 Å². The zero-order valence-corrected chi connectivity index (χ0v) is 23.8. The fourth-order valence-electron chi connectivity index (χ4n) is 6.03. The van der Waals surface area contributed by atoms with Crippen molar-refractivity contribution in [2.75, 3.05) is 0 Å². The zero-order chi connectivity index (χ0) is 25.9. The third-order valence-electron chi connectivity index (χ3n) is 6.57. The summed E-state index contributed by atoms with van der Waals surface area (Å²) in [6.07, 6.45) is 0.683. The summed E-state index contributed by atoms with van der Waals surface area (Å²) in [6.45, 7) is 30.8. The van der Waals surface area contributed by atoms with Gasteiger partial charge in [0.2, 0.25) is 0 Å². The van der Waals surface area contributed by atoms with Crippen molar-refractivity contribution in [2.24, 2.45) is 0 Å². The lowest BCUT2D eigenvalue weighted by molar-refractivity contribution is 0.438. The van der Waals surface area contributed by atoms with Gasteiger partial charge in [0.15, 0.2) is 0 Å². The lowest BCUT2D eigenvalue weighted by atomic mass is 9.68. The molecule has 0 saturated heterocycles. The van der Waals surface area contributed by atoms with Crippen molar-refractivity contribution in [3.05, 3.63) is 56.6 Å². The molecule has 2 rings (SSSR count). The van der Waals surface area contributed by atoms with Gasteiger partial charge in [-0.05, 0) is 87.4 Å². The molecule has 2 aromatic carbocycles. The fourth-order valence-corrected chi connectivity index (χ4v) is 6.03. The first kappa shape index (κ1) is 27.3. The Labute approximate surface area is 203 Å². The van der Waals surface area contributed by atoms with Crippen LogP contribution >= 0.6 is 0 Å². The average Bonchev–Trinajstić information content (AvgIpc) is 2.47. The number of phenols is 2. The third kappa shape index (κ3) is 5.42. The second-order valence-electron chi connectivity index (χ2n) is 14.1. The SMILES string of the molecule is Cc1cc(O)c(C(C)(C)C)c(Cc2c(C(C)(C)C)c(C)cc(O)c2C(C)(C)C)c1C(C)(C)C. The Bertz CT molecular complexity index is 881. The van der Waals surface area contributed by atoms with Crippen molar-refractivity contribution in [2.45, 2.75) is 125 Å². The molecule has 2 nitrogen and oxygen atoms in total. The highest BCUT2D eigenvalue weighted by molar-refractivity contribution is 5.60. The number of aromatic hydroxyl groups is 2. The van der Waals surface area contributed by atoms with E-state index in [0.29, 0.717) is 17.9 Å². The molecule has 2 aromatic rings. The number of benzene rings is 2. The molecule has 0 fully saturated rings. The van der Waals surface area contributed by atoms with E-state index in [9.17, 15) is 10.2 Å². The quantitative estimate of drug-likeness (QED) is 0.479. The van der Waals surface area contributed by atoms with Gasteiger partial charge in [0.1, 0.15) is 11.5 Å². The van der Waals surface area contributed by atoms with Crippen molar-refractivity contribution in [1.82, 2.24) is 0 Å². The van der Waals surface area contributed by atoms with Gasteiger partial charge in [-0.25, -0.2) is 0 Å². The molecule has 0 saturated carbocycles. The summed E-state index contributed by atoms with van der Waals surface area (Å²) in [5, 5.41) is 22.4. The molecular weight excluding hydrogens is 404 g/mol. The van der Waals surface area contributed by atoms with Crippen LogP contribution in [-0.4, -0.2) is 10.2 Å². The van der Waals surface area contributed by atoms with Gasteiger partial charge in [0.05, 0.1) is 0 Å². The van der Waals surface area contributed by atoms with Gasteiger partial charge in [0, 0.05) is 11.1 Å². The highest BCUT2D eigenvalue weighted by atomic mass is 16.3. The summed E-state index contributed by atoms with van der Waals surface area (Å²) in [6, 6.07) is 3.88. The summed E-state index contributed by atoms with van der Waals surface area (Å²) in [5.74, 6) is 0.740. The van der Waals surface area contributed by atoms with Crippen LogP contribution in [0, 0.1) is 13.8 Å². The minimum absolute atomic E-state index is 0.0806. The largest absolute Gasteiger partial charge is 0.508 e. The fraction of sp³-hybridized carbons (Fsp3) is 0.613. The minimum Gasteiger partial charge on any atom is -0.508 e. The van der Waals surface area contributed by atoms with E-state index in [2.05, 4.69) is 96.9 Å². The third-order valence-corrected chi connectivity index (χ3v) is 6.57. The Morgan fingerprint density at radius 1 is 0.485 bits per heavy atom. The predicted octanol–water partition coefficient (Wildman–Crippen LogP) is 8.50. The maximum Gasteiger partial charge on any atom is 0.119 e. The molecular formula is C31H48O2. The van der Waals surface area contributed by atoms with Crippen LogP contribution in [0.3, 0.4) is 0 Å². The molecule has 2 N–H and O–H groups in total. The van der Waals surface area contributed by atoms with E-state index in [-0.39, 0.29) is 21.7 Å². The summed E-state index contributed by atoms with van der Waals surface area (Å²) in [5.41, 5.74) is 8.66. The summed E-state index contributed by atoms with van der Waals surface area (Å²) in [7, 11) is 0. The van der Waals surface area contributed by atoms with Crippen LogP contribution in [0.2, 0.25) is 0 Å². The Kier molecular flexibility index (Phi) is 6.91. The Hall–Kier alpha value is -1.96. The smallest absolute Gasteiger partial charge is 0.119 e. The molecule has 0 amide bonds. The first-order chi connectivity index (χ1) is 14.6. The first-order valence-electron chi connectivity index (χ1n) is 12.3. The average molecular weight is 453 g/mol. The number of phenolic OH excluding ortho intramolecular Hbond substituents is 2. The van der Waals surface area contributed by atoms with Crippen LogP contribution in [0.4, 0.5) is 0 Å². The van der Waals surface area contributed by atoms with Crippen molar-refractivity contribution >= 4 is 0 Å². The van der Waals surface area contributed by atoms with Crippen LogP contribution in [0.15, 0.2) is 12.1 Å². The highest BCUT2D eigenvalue weighted by Crippen LogP contribution is 2.47. The molecule has 0 spiro atoms. The molecule has 184 valence electrons. The van der Waals surface area contributed by atoms with Crippen molar-refractivity contribution in [1.29, 1.82) is 0 Å². The van der Waals surface area contributed by atoms with Gasteiger partial charge >= 0.3 is 0 Å². The summed E-state index contributed by atoms with van der Waals surface area (Å²) in [4.78, 5) is 0. The molecule has 0 aliphatic rings.